The molecule has 3 atom stereocenters. The zero-order valence-electron chi connectivity index (χ0n) is 41.1. The molecule has 60 heavy (non-hydrogen) atoms. The van der Waals surface area contributed by atoms with E-state index in [9.17, 15) is 14.4 Å². The van der Waals surface area contributed by atoms with Crippen molar-refractivity contribution < 1.29 is 28.6 Å². The molecule has 0 spiro atoms. The molecule has 0 aromatic carbocycles. The minimum absolute atomic E-state index is 0.0645. The lowest BCUT2D eigenvalue weighted by molar-refractivity contribution is -0.167. The summed E-state index contributed by atoms with van der Waals surface area (Å²) in [6.07, 6.45) is 48.0. The van der Waals surface area contributed by atoms with Crippen LogP contribution in [0.4, 0.5) is 0 Å². The van der Waals surface area contributed by atoms with E-state index in [-0.39, 0.29) is 31.1 Å². The van der Waals surface area contributed by atoms with E-state index >= 15 is 0 Å². The van der Waals surface area contributed by atoms with Gasteiger partial charge in [-0.2, -0.15) is 0 Å². The summed E-state index contributed by atoms with van der Waals surface area (Å²) in [6, 6.07) is 0. The van der Waals surface area contributed by atoms with E-state index in [0.29, 0.717) is 19.3 Å². The third kappa shape index (κ3) is 44.5. The standard InChI is InChI=1S/C54H104O6/c1-6-9-10-11-12-13-14-15-16-17-18-19-20-21-26-29-36-41-46-54(57)60-51(48-59-53(56)45-40-35-31-30-33-38-43-50(5)8-3)47-58-52(55)44-39-34-28-25-23-22-24-27-32-37-42-49(4)7-2/h49-51H,6-48H2,1-5H3/t49?,50?,51-/m1/s1. The van der Waals surface area contributed by atoms with Gasteiger partial charge in [-0.3, -0.25) is 14.4 Å². The highest BCUT2D eigenvalue weighted by Gasteiger charge is 2.19. The number of carbonyl (C=O) groups excluding carboxylic acids is 3. The summed E-state index contributed by atoms with van der Waals surface area (Å²) < 4.78 is 16.8. The molecule has 0 saturated heterocycles. The van der Waals surface area contributed by atoms with Crippen LogP contribution in [0, 0.1) is 11.8 Å². The van der Waals surface area contributed by atoms with Crippen LogP contribution < -0.4 is 0 Å². The molecular formula is C54H104O6. The Morgan fingerprint density at radius 1 is 0.333 bits per heavy atom. The maximum atomic E-state index is 12.8. The van der Waals surface area contributed by atoms with Crippen LogP contribution in [0.25, 0.3) is 0 Å². The number of hydrogen-bond acceptors (Lipinski definition) is 6. The molecule has 0 bridgehead atoms. The molecule has 0 amide bonds. The van der Waals surface area contributed by atoms with Crippen molar-refractivity contribution in [1.29, 1.82) is 0 Å². The van der Waals surface area contributed by atoms with Crippen LogP contribution in [0.2, 0.25) is 0 Å². The third-order valence-electron chi connectivity index (χ3n) is 12.9. The fraction of sp³-hybridized carbons (Fsp3) is 0.944. The number of esters is 3. The highest BCUT2D eigenvalue weighted by molar-refractivity contribution is 5.71. The van der Waals surface area contributed by atoms with Crippen LogP contribution in [0.3, 0.4) is 0 Å². The summed E-state index contributed by atoms with van der Waals surface area (Å²) in [4.78, 5) is 38.0. The van der Waals surface area contributed by atoms with Gasteiger partial charge in [0.05, 0.1) is 0 Å². The molecule has 0 radical (unpaired) electrons. The summed E-state index contributed by atoms with van der Waals surface area (Å²) >= 11 is 0. The summed E-state index contributed by atoms with van der Waals surface area (Å²) in [6.45, 7) is 11.4. The van der Waals surface area contributed by atoms with Crippen molar-refractivity contribution in [2.75, 3.05) is 13.2 Å². The van der Waals surface area contributed by atoms with Crippen molar-refractivity contribution in [3.8, 4) is 0 Å². The maximum absolute atomic E-state index is 12.8. The minimum Gasteiger partial charge on any atom is -0.462 e. The molecule has 0 saturated carbocycles. The lowest BCUT2D eigenvalue weighted by Gasteiger charge is -2.18. The summed E-state index contributed by atoms with van der Waals surface area (Å²) in [5.41, 5.74) is 0. The van der Waals surface area contributed by atoms with Gasteiger partial charge in [0, 0.05) is 19.3 Å². The second-order valence-corrected chi connectivity index (χ2v) is 19.0. The Kier molecular flexibility index (Phi) is 45.7. The largest absolute Gasteiger partial charge is 0.462 e. The van der Waals surface area contributed by atoms with Crippen molar-refractivity contribution in [2.24, 2.45) is 11.8 Å². The fourth-order valence-electron chi connectivity index (χ4n) is 8.10. The van der Waals surface area contributed by atoms with Gasteiger partial charge in [-0.15, -0.1) is 0 Å². The second kappa shape index (κ2) is 46.9. The van der Waals surface area contributed by atoms with Crippen molar-refractivity contribution in [2.45, 2.75) is 304 Å². The zero-order valence-corrected chi connectivity index (χ0v) is 41.1. The first-order valence-electron chi connectivity index (χ1n) is 26.8. The van der Waals surface area contributed by atoms with Gasteiger partial charge in [-0.25, -0.2) is 0 Å². The van der Waals surface area contributed by atoms with Crippen LogP contribution in [-0.2, 0) is 28.6 Å². The van der Waals surface area contributed by atoms with Crippen LogP contribution in [-0.4, -0.2) is 37.2 Å². The number of unbranched alkanes of at least 4 members (excludes halogenated alkanes) is 31. The average Bonchev–Trinajstić information content (AvgIpc) is 3.25. The van der Waals surface area contributed by atoms with Crippen LogP contribution in [0.15, 0.2) is 0 Å². The highest BCUT2D eigenvalue weighted by atomic mass is 16.6. The van der Waals surface area contributed by atoms with Gasteiger partial charge >= 0.3 is 17.9 Å². The lowest BCUT2D eigenvalue weighted by Crippen LogP contribution is -2.30. The molecule has 0 aliphatic rings. The number of hydrogen-bond donors (Lipinski definition) is 0. The van der Waals surface area contributed by atoms with Gasteiger partial charge in [0.2, 0.25) is 0 Å². The number of rotatable bonds is 48. The average molecular weight is 849 g/mol. The monoisotopic (exact) mass is 849 g/mol. The Labute approximate surface area is 374 Å². The van der Waals surface area contributed by atoms with E-state index in [1.54, 1.807) is 0 Å². The summed E-state index contributed by atoms with van der Waals surface area (Å²) in [5, 5.41) is 0. The van der Waals surface area contributed by atoms with E-state index in [2.05, 4.69) is 34.6 Å². The smallest absolute Gasteiger partial charge is 0.306 e. The summed E-state index contributed by atoms with van der Waals surface area (Å²) in [5.74, 6) is 0.834. The molecule has 0 heterocycles. The molecule has 356 valence electrons. The number of carbonyl (C=O) groups is 3. The molecule has 0 aromatic rings. The van der Waals surface area contributed by atoms with Crippen molar-refractivity contribution in [1.82, 2.24) is 0 Å². The molecule has 6 heteroatoms. The SMILES string of the molecule is CCCCCCCCCCCCCCCCCCCCC(=O)O[C@H](COC(=O)CCCCCCCCCCCCC(C)CC)COC(=O)CCCCCCCCC(C)CC. The van der Waals surface area contributed by atoms with Gasteiger partial charge in [-0.05, 0) is 31.1 Å². The Hall–Kier alpha value is -1.59. The van der Waals surface area contributed by atoms with Gasteiger partial charge in [0.15, 0.2) is 6.10 Å². The quantitative estimate of drug-likeness (QED) is 0.0345. The maximum Gasteiger partial charge on any atom is 0.306 e. The van der Waals surface area contributed by atoms with Crippen molar-refractivity contribution in [3.63, 3.8) is 0 Å². The van der Waals surface area contributed by atoms with E-state index in [0.717, 1.165) is 69.6 Å². The molecule has 0 aliphatic heterocycles. The first kappa shape index (κ1) is 58.4. The highest BCUT2D eigenvalue weighted by Crippen LogP contribution is 2.18. The predicted molar refractivity (Wildman–Crippen MR) is 256 cm³/mol. The van der Waals surface area contributed by atoms with Gasteiger partial charge in [-0.1, -0.05) is 259 Å². The first-order chi connectivity index (χ1) is 29.3. The second-order valence-electron chi connectivity index (χ2n) is 19.0. The van der Waals surface area contributed by atoms with Crippen molar-refractivity contribution >= 4 is 17.9 Å². The molecule has 0 aromatic heterocycles. The van der Waals surface area contributed by atoms with E-state index in [4.69, 9.17) is 14.2 Å². The Morgan fingerprint density at radius 2 is 0.583 bits per heavy atom. The fourth-order valence-corrected chi connectivity index (χ4v) is 8.10. The Bertz CT molecular complexity index is 920. The van der Waals surface area contributed by atoms with Crippen LogP contribution in [0.1, 0.15) is 298 Å². The van der Waals surface area contributed by atoms with Gasteiger partial charge in [0.25, 0.3) is 0 Å². The van der Waals surface area contributed by atoms with E-state index in [1.165, 1.54) is 186 Å². The molecule has 2 unspecified atom stereocenters. The molecule has 0 N–H and O–H groups in total. The van der Waals surface area contributed by atoms with E-state index < -0.39 is 6.10 Å². The Morgan fingerprint density at radius 3 is 0.867 bits per heavy atom. The first-order valence-corrected chi connectivity index (χ1v) is 26.8. The lowest BCUT2D eigenvalue weighted by atomic mass is 9.99. The molecule has 6 nitrogen and oxygen atoms in total. The van der Waals surface area contributed by atoms with Crippen LogP contribution in [0.5, 0.6) is 0 Å². The zero-order chi connectivity index (χ0) is 44.0. The third-order valence-corrected chi connectivity index (χ3v) is 12.9. The minimum atomic E-state index is -0.762. The van der Waals surface area contributed by atoms with Gasteiger partial charge in [0.1, 0.15) is 13.2 Å². The summed E-state index contributed by atoms with van der Waals surface area (Å²) in [7, 11) is 0. The predicted octanol–water partition coefficient (Wildman–Crippen LogP) is 17.3. The van der Waals surface area contributed by atoms with Crippen molar-refractivity contribution in [3.05, 3.63) is 0 Å². The van der Waals surface area contributed by atoms with Crippen LogP contribution >= 0.6 is 0 Å². The van der Waals surface area contributed by atoms with E-state index in [1.807, 2.05) is 0 Å². The molecular weight excluding hydrogens is 745 g/mol. The molecule has 0 fully saturated rings. The Balaban J connectivity index is 4.28. The topological polar surface area (TPSA) is 78.9 Å². The molecule has 0 rings (SSSR count). The number of ether oxygens (including phenoxy) is 3. The molecule has 0 aliphatic carbocycles. The van der Waals surface area contributed by atoms with Gasteiger partial charge < -0.3 is 14.2 Å². The normalized spacial score (nSPS) is 12.9.